The van der Waals surface area contributed by atoms with Crippen LogP contribution >= 0.6 is 0 Å². The lowest BCUT2D eigenvalue weighted by Gasteiger charge is -2.26. The van der Waals surface area contributed by atoms with Gasteiger partial charge in [-0.2, -0.15) is 5.10 Å². The van der Waals surface area contributed by atoms with Gasteiger partial charge in [0, 0.05) is 53.4 Å². The van der Waals surface area contributed by atoms with Crippen molar-refractivity contribution in [2.45, 2.75) is 63.6 Å². The zero-order valence-corrected chi connectivity index (χ0v) is 34.8. The zero-order chi connectivity index (χ0) is 42.1. The summed E-state index contributed by atoms with van der Waals surface area (Å²) in [6, 6.07) is 21.3. The summed E-state index contributed by atoms with van der Waals surface area (Å²) < 4.78 is 108. The van der Waals surface area contributed by atoms with Gasteiger partial charge in [-0.05, 0) is 80.3 Å². The van der Waals surface area contributed by atoms with Gasteiger partial charge in [0.1, 0.15) is 11.6 Å². The number of fused-ring (bicyclic) bond motifs is 7. The van der Waals surface area contributed by atoms with Gasteiger partial charge in [0.25, 0.3) is 10.0 Å². The summed E-state index contributed by atoms with van der Waals surface area (Å²) in [6.45, 7) is 7.60. The predicted octanol–water partition coefficient (Wildman–Crippen LogP) is 8.57. The largest absolute Gasteiger partial charge is 0.466 e. The van der Waals surface area contributed by atoms with Crippen LogP contribution < -0.4 is 4.74 Å². The monoisotopic (exact) mass is 845 g/mol. The van der Waals surface area contributed by atoms with Crippen molar-refractivity contribution < 1.29 is 44.6 Å². The Bertz CT molecular complexity index is 2740. The molecule has 0 saturated carbocycles. The molecule has 1 unspecified atom stereocenters. The maximum atomic E-state index is 16.5. The van der Waals surface area contributed by atoms with Crippen LogP contribution in [0.3, 0.4) is 0 Å². The molecule has 0 N–H and O–H groups in total. The Morgan fingerprint density at radius 3 is 2.54 bits per heavy atom. The summed E-state index contributed by atoms with van der Waals surface area (Å²) >= 11 is 0. The first-order valence-electron chi connectivity index (χ1n) is 19.2. The van der Waals surface area contributed by atoms with Crippen LogP contribution in [0.5, 0.6) is 11.5 Å². The van der Waals surface area contributed by atoms with Gasteiger partial charge in [0.15, 0.2) is 21.4 Å². The van der Waals surface area contributed by atoms with Crippen molar-refractivity contribution in [2.24, 2.45) is 5.41 Å². The fraction of sp³-hybridized carbons (Fsp3) is 0.318. The summed E-state index contributed by atoms with van der Waals surface area (Å²) in [5.74, 6) is -3.41. The molecule has 0 spiro atoms. The third-order valence-electron chi connectivity index (χ3n) is 10.2. The zero-order valence-electron chi connectivity index (χ0n) is 33.2. The van der Waals surface area contributed by atoms with Crippen molar-refractivity contribution in [2.75, 3.05) is 25.6 Å². The van der Waals surface area contributed by atoms with E-state index in [2.05, 4.69) is 5.10 Å². The number of ether oxygens (including phenoxy) is 3. The van der Waals surface area contributed by atoms with E-state index in [4.69, 9.17) is 14.2 Å². The number of aromatic nitrogens is 3. The number of esters is 1. The molecule has 1 atom stereocenters. The number of hydrogen-bond acceptors (Lipinski definition) is 9. The summed E-state index contributed by atoms with van der Waals surface area (Å²) in [4.78, 5) is 12.1. The maximum Gasteiger partial charge on any atom is 0.306 e. The van der Waals surface area contributed by atoms with Crippen molar-refractivity contribution in [3.05, 3.63) is 131 Å². The topological polar surface area (TPSA) is 136 Å². The summed E-state index contributed by atoms with van der Waals surface area (Å²) in [5, 5.41) is 4.78. The third-order valence-corrected chi connectivity index (χ3v) is 13.9. The van der Waals surface area contributed by atoms with Gasteiger partial charge in [-0.3, -0.25) is 9.48 Å². The summed E-state index contributed by atoms with van der Waals surface area (Å²) in [5.41, 5.74) is 1.96. The molecule has 3 heterocycles. The molecule has 6 aromatic rings. The molecule has 59 heavy (non-hydrogen) atoms. The number of nitrogens with zero attached hydrogens (tertiary/aromatic N) is 3. The molecule has 0 fully saturated rings. The highest BCUT2D eigenvalue weighted by atomic mass is 32.2. The second-order valence-corrected chi connectivity index (χ2v) is 19.4. The molecule has 310 valence electrons. The van der Waals surface area contributed by atoms with Crippen LogP contribution in [0, 0.1) is 24.0 Å². The number of carbonyl (C=O) groups excluding carboxylic acids is 1. The van der Waals surface area contributed by atoms with E-state index in [0.717, 1.165) is 26.7 Å². The maximum absolute atomic E-state index is 16.5. The molecule has 11 nitrogen and oxygen atoms in total. The number of hydrogen-bond donors (Lipinski definition) is 0. The van der Waals surface area contributed by atoms with E-state index in [-0.39, 0.29) is 70.6 Å². The molecular weight excluding hydrogens is 801 g/mol. The Morgan fingerprint density at radius 2 is 1.78 bits per heavy atom. The lowest BCUT2D eigenvalue weighted by molar-refractivity contribution is -0.143. The van der Waals surface area contributed by atoms with E-state index in [1.807, 2.05) is 31.2 Å². The van der Waals surface area contributed by atoms with E-state index in [9.17, 15) is 21.6 Å². The number of rotatable bonds is 7. The van der Waals surface area contributed by atoms with Crippen LogP contribution in [0.15, 0.2) is 102 Å². The molecule has 0 radical (unpaired) electrons. The molecule has 0 aliphatic carbocycles. The molecule has 0 amide bonds. The van der Waals surface area contributed by atoms with Gasteiger partial charge in [0.2, 0.25) is 0 Å². The predicted molar refractivity (Wildman–Crippen MR) is 220 cm³/mol. The lowest BCUT2D eigenvalue weighted by atomic mass is 9.97. The molecule has 7 rings (SSSR count). The highest BCUT2D eigenvalue weighted by molar-refractivity contribution is 7.90. The normalized spacial score (nSPS) is 17.0. The summed E-state index contributed by atoms with van der Waals surface area (Å²) in [6.07, 6.45) is 3.82. The average molecular weight is 846 g/mol. The van der Waals surface area contributed by atoms with E-state index >= 15 is 8.78 Å². The Labute approximate surface area is 342 Å². The van der Waals surface area contributed by atoms with Gasteiger partial charge >= 0.3 is 5.97 Å². The molecule has 15 heteroatoms. The van der Waals surface area contributed by atoms with Crippen LogP contribution in [-0.2, 0) is 46.3 Å². The quantitative estimate of drug-likeness (QED) is 0.145. The smallest absolute Gasteiger partial charge is 0.306 e. The van der Waals surface area contributed by atoms with Gasteiger partial charge in [-0.15, -0.1) is 0 Å². The minimum Gasteiger partial charge on any atom is -0.466 e. The minimum atomic E-state index is -4.22. The van der Waals surface area contributed by atoms with Gasteiger partial charge < -0.3 is 14.2 Å². The first-order valence-corrected chi connectivity index (χ1v) is 22.5. The minimum absolute atomic E-state index is 0.00301. The number of sulfone groups is 1. The molecule has 0 saturated heterocycles. The lowest BCUT2D eigenvalue weighted by Crippen LogP contribution is -2.30. The number of carbonyl (C=O) groups is 1. The second-order valence-electron chi connectivity index (χ2n) is 15.5. The van der Waals surface area contributed by atoms with Crippen molar-refractivity contribution >= 4 is 36.7 Å². The number of benzene rings is 4. The highest BCUT2D eigenvalue weighted by Gasteiger charge is 2.32. The van der Waals surface area contributed by atoms with Crippen LogP contribution in [0.25, 0.3) is 22.2 Å². The molecule has 1 aliphatic rings. The van der Waals surface area contributed by atoms with Crippen LogP contribution in [0.2, 0.25) is 0 Å². The van der Waals surface area contributed by atoms with E-state index < -0.39 is 54.5 Å². The molecular formula is C44H45F2N3O8S2. The van der Waals surface area contributed by atoms with Gasteiger partial charge in [0.05, 0.1) is 46.9 Å². The average Bonchev–Trinajstić information content (AvgIpc) is 3.84. The van der Waals surface area contributed by atoms with E-state index in [1.54, 1.807) is 49.8 Å². The Morgan fingerprint density at radius 1 is 1.00 bits per heavy atom. The third kappa shape index (κ3) is 9.12. The number of halogens is 2. The number of aryl methyl sites for hydroxylation is 2. The van der Waals surface area contributed by atoms with Gasteiger partial charge in [-0.1, -0.05) is 55.8 Å². The van der Waals surface area contributed by atoms with Crippen molar-refractivity contribution in [1.29, 1.82) is 0 Å². The molecule has 4 aromatic carbocycles. The van der Waals surface area contributed by atoms with E-state index in [1.165, 1.54) is 42.6 Å². The molecule has 2 bridgehead atoms. The second kappa shape index (κ2) is 16.7. The first-order chi connectivity index (χ1) is 28.0. The van der Waals surface area contributed by atoms with Crippen LogP contribution in [-0.4, -0.2) is 62.1 Å². The fourth-order valence-corrected chi connectivity index (χ4v) is 11.0. The fourth-order valence-electron chi connectivity index (χ4n) is 7.54. The first kappa shape index (κ1) is 41.8. The molecule has 1 aliphatic heterocycles. The molecule has 2 aromatic heterocycles. The SMILES string of the molecule is CCOC(=O)CCc1cccc(C2CCOCC(C)(C)CS(=O)(=O)Cc3c(c(F)cc4c3ccn4S(=O)(=O)c3ccc(C)cc3)Oc3ccc(F)c(c3)-c3ccnn32)c1. The van der Waals surface area contributed by atoms with Crippen LogP contribution in [0.4, 0.5) is 8.78 Å². The standard InChI is InChI=1S/C44H45F2N3O8S2/c1-5-56-42(50)16-11-30-7-6-8-31(23-30)39-19-22-55-27-44(3,4)28-58(51,52)26-36-34-18-21-48(59(53,54)33-13-9-29(2)10-14-33)41(34)25-38(46)43(36)57-32-12-15-37(45)35(24-32)40-17-20-47-49(39)40/h6-10,12-15,17-18,20-21,23-25,39H,5,11,16,19,22,26-28H2,1-4H3. The van der Waals surface area contributed by atoms with Crippen molar-refractivity contribution in [3.63, 3.8) is 0 Å². The van der Waals surface area contributed by atoms with Crippen molar-refractivity contribution in [3.8, 4) is 22.8 Å². The Hall–Kier alpha value is -5.38. The van der Waals surface area contributed by atoms with Crippen LogP contribution in [0.1, 0.15) is 61.9 Å². The van der Waals surface area contributed by atoms with Gasteiger partial charge in [-0.25, -0.2) is 29.6 Å². The summed E-state index contributed by atoms with van der Waals surface area (Å²) in [7, 11) is -8.27. The van der Waals surface area contributed by atoms with E-state index in [0.29, 0.717) is 18.5 Å². The highest BCUT2D eigenvalue weighted by Crippen LogP contribution is 2.40. The van der Waals surface area contributed by atoms with Crippen molar-refractivity contribution in [1.82, 2.24) is 13.8 Å². The Balaban J connectivity index is 1.35. The Kier molecular flexibility index (Phi) is 11.8.